The lowest BCUT2D eigenvalue weighted by molar-refractivity contribution is 0.299. The highest BCUT2D eigenvalue weighted by Gasteiger charge is 2.60. The molecule has 1 saturated heterocycles. The Morgan fingerprint density at radius 1 is 1.09 bits per heavy atom. The molecular weight excluding hydrogens is 454 g/mol. The molecule has 2 aliphatic rings. The standard InChI is InChI=1S/C28H31N5OS/c1-19-8-13-23-24(6-4-7-25(23)29-19)26-30-31-27(32(26)2)35-15-5-14-33-17-21-16-28(21,18-33)20-9-11-22(34-3)12-10-20/h4,6-13,21H,5,14-18H2,1-3H3/t21-,28?/m0/s1. The molecule has 3 heterocycles. The van der Waals surface area contributed by atoms with E-state index in [2.05, 4.69) is 80.2 Å². The van der Waals surface area contributed by atoms with Crippen LogP contribution in [0.4, 0.5) is 0 Å². The van der Waals surface area contributed by atoms with Crippen LogP contribution in [0.2, 0.25) is 0 Å². The van der Waals surface area contributed by atoms with Crippen LogP contribution in [0.3, 0.4) is 0 Å². The highest BCUT2D eigenvalue weighted by atomic mass is 32.2. The maximum absolute atomic E-state index is 5.33. The molecule has 6 nitrogen and oxygen atoms in total. The third-order valence-electron chi connectivity index (χ3n) is 7.68. The highest BCUT2D eigenvalue weighted by molar-refractivity contribution is 7.99. The van der Waals surface area contributed by atoms with Gasteiger partial charge in [-0.2, -0.15) is 0 Å². The molecule has 2 fully saturated rings. The molecule has 0 amide bonds. The summed E-state index contributed by atoms with van der Waals surface area (Å²) in [6.45, 7) is 5.56. The number of thioether (sulfide) groups is 1. The lowest BCUT2D eigenvalue weighted by Crippen LogP contribution is -2.27. The maximum Gasteiger partial charge on any atom is 0.191 e. The Balaban J connectivity index is 1.05. The fourth-order valence-corrected chi connectivity index (χ4v) is 6.54. The molecule has 0 radical (unpaired) electrons. The van der Waals surface area contributed by atoms with Crippen LogP contribution in [0.15, 0.2) is 59.8 Å². The summed E-state index contributed by atoms with van der Waals surface area (Å²) in [6.07, 6.45) is 2.48. The molecule has 2 aromatic heterocycles. The van der Waals surface area contributed by atoms with Crippen LogP contribution in [-0.2, 0) is 12.5 Å². The molecule has 2 atom stereocenters. The van der Waals surface area contributed by atoms with E-state index in [1.165, 1.54) is 25.1 Å². The highest BCUT2D eigenvalue weighted by Crippen LogP contribution is 2.59. The van der Waals surface area contributed by atoms with E-state index in [0.29, 0.717) is 5.41 Å². The molecule has 7 heteroatoms. The van der Waals surface area contributed by atoms with Gasteiger partial charge in [0.15, 0.2) is 11.0 Å². The Bertz CT molecular complexity index is 1370. The summed E-state index contributed by atoms with van der Waals surface area (Å²) in [5.41, 5.74) is 4.96. The van der Waals surface area contributed by atoms with E-state index >= 15 is 0 Å². The van der Waals surface area contributed by atoms with Gasteiger partial charge in [-0.3, -0.25) is 4.98 Å². The van der Waals surface area contributed by atoms with Crippen LogP contribution in [-0.4, -0.2) is 57.1 Å². The number of hydrogen-bond acceptors (Lipinski definition) is 6. The van der Waals surface area contributed by atoms with Crippen LogP contribution in [0.25, 0.3) is 22.3 Å². The van der Waals surface area contributed by atoms with Crippen molar-refractivity contribution in [2.75, 3.05) is 32.5 Å². The van der Waals surface area contributed by atoms with Crippen LogP contribution < -0.4 is 4.74 Å². The number of pyridine rings is 1. The predicted molar refractivity (Wildman–Crippen MR) is 141 cm³/mol. The Labute approximate surface area is 210 Å². The summed E-state index contributed by atoms with van der Waals surface area (Å²) in [7, 11) is 3.79. The Morgan fingerprint density at radius 2 is 1.94 bits per heavy atom. The van der Waals surface area contributed by atoms with E-state index in [1.54, 1.807) is 18.9 Å². The summed E-state index contributed by atoms with van der Waals surface area (Å²) < 4.78 is 7.45. The minimum Gasteiger partial charge on any atom is -0.497 e. The molecule has 0 N–H and O–H groups in total. The monoisotopic (exact) mass is 485 g/mol. The molecule has 0 bridgehead atoms. The van der Waals surface area contributed by atoms with Gasteiger partial charge in [0.2, 0.25) is 0 Å². The number of aryl methyl sites for hydroxylation is 1. The van der Waals surface area contributed by atoms with Gasteiger partial charge in [0, 0.05) is 47.9 Å². The molecule has 1 aliphatic heterocycles. The minimum absolute atomic E-state index is 0.379. The first kappa shape index (κ1) is 22.6. The summed E-state index contributed by atoms with van der Waals surface area (Å²) in [5.74, 6) is 3.68. The number of rotatable bonds is 8. The summed E-state index contributed by atoms with van der Waals surface area (Å²) in [6, 6.07) is 19.1. The quantitative estimate of drug-likeness (QED) is 0.256. The van der Waals surface area contributed by atoms with Crippen molar-refractivity contribution in [1.82, 2.24) is 24.6 Å². The summed E-state index contributed by atoms with van der Waals surface area (Å²) in [4.78, 5) is 7.31. The third kappa shape index (κ3) is 4.10. The topological polar surface area (TPSA) is 56.1 Å². The van der Waals surface area contributed by atoms with Gasteiger partial charge in [0.25, 0.3) is 0 Å². The van der Waals surface area contributed by atoms with Crippen molar-refractivity contribution in [2.45, 2.75) is 30.3 Å². The fourth-order valence-electron chi connectivity index (χ4n) is 5.71. The second-order valence-corrected chi connectivity index (χ2v) is 11.0. The molecule has 0 spiro atoms. The number of likely N-dealkylation sites (tertiary alicyclic amines) is 1. The predicted octanol–water partition coefficient (Wildman–Crippen LogP) is 5.10. The first-order valence-electron chi connectivity index (χ1n) is 12.3. The van der Waals surface area contributed by atoms with Crippen LogP contribution in [0.5, 0.6) is 5.75 Å². The van der Waals surface area contributed by atoms with Gasteiger partial charge in [-0.05, 0) is 62.1 Å². The lowest BCUT2D eigenvalue weighted by atomic mass is 9.95. The lowest BCUT2D eigenvalue weighted by Gasteiger charge is -2.21. The molecule has 1 unspecified atom stereocenters. The van der Waals surface area contributed by atoms with E-state index in [9.17, 15) is 0 Å². The van der Waals surface area contributed by atoms with Crippen molar-refractivity contribution in [3.63, 3.8) is 0 Å². The normalized spacial score (nSPS) is 21.4. The van der Waals surface area contributed by atoms with E-state index in [4.69, 9.17) is 4.74 Å². The zero-order valence-corrected chi connectivity index (χ0v) is 21.4. The van der Waals surface area contributed by atoms with Crippen LogP contribution >= 0.6 is 11.8 Å². The second kappa shape index (κ2) is 8.95. The van der Waals surface area contributed by atoms with Gasteiger partial charge < -0.3 is 14.2 Å². The number of piperidine rings is 1. The smallest absolute Gasteiger partial charge is 0.191 e. The molecule has 6 rings (SSSR count). The molecular formula is C28H31N5OS. The maximum atomic E-state index is 5.33. The molecule has 1 saturated carbocycles. The molecule has 35 heavy (non-hydrogen) atoms. The molecule has 1 aliphatic carbocycles. The van der Waals surface area contributed by atoms with Crippen LogP contribution in [0, 0.1) is 12.8 Å². The van der Waals surface area contributed by atoms with E-state index in [0.717, 1.165) is 63.5 Å². The second-order valence-electron chi connectivity index (χ2n) is 9.91. The number of hydrogen-bond donors (Lipinski definition) is 0. The van der Waals surface area contributed by atoms with Crippen molar-refractivity contribution < 1.29 is 4.74 Å². The fraction of sp³-hybridized carbons (Fsp3) is 0.393. The minimum atomic E-state index is 0.379. The van der Waals surface area contributed by atoms with Gasteiger partial charge in [0.1, 0.15) is 5.75 Å². The van der Waals surface area contributed by atoms with Crippen molar-refractivity contribution in [2.24, 2.45) is 13.0 Å². The number of nitrogens with zero attached hydrogens (tertiary/aromatic N) is 5. The average Bonchev–Trinajstić information content (AvgIpc) is 3.25. The van der Waals surface area contributed by atoms with Gasteiger partial charge in [-0.25, -0.2) is 0 Å². The molecule has 4 aromatic rings. The number of benzene rings is 2. The zero-order chi connectivity index (χ0) is 24.0. The van der Waals surface area contributed by atoms with Gasteiger partial charge >= 0.3 is 0 Å². The number of aromatic nitrogens is 4. The van der Waals surface area contributed by atoms with Crippen molar-refractivity contribution in [3.8, 4) is 17.1 Å². The first-order valence-corrected chi connectivity index (χ1v) is 13.3. The van der Waals surface area contributed by atoms with Crippen molar-refractivity contribution in [3.05, 3.63) is 65.9 Å². The van der Waals surface area contributed by atoms with E-state index in [1.807, 2.05) is 13.0 Å². The Kier molecular flexibility index (Phi) is 5.77. The van der Waals surface area contributed by atoms with E-state index < -0.39 is 0 Å². The average molecular weight is 486 g/mol. The number of fused-ring (bicyclic) bond motifs is 2. The van der Waals surface area contributed by atoms with Gasteiger partial charge in [0.05, 0.1) is 12.6 Å². The van der Waals surface area contributed by atoms with Crippen LogP contribution in [0.1, 0.15) is 24.1 Å². The third-order valence-corrected chi connectivity index (χ3v) is 8.78. The summed E-state index contributed by atoms with van der Waals surface area (Å²) in [5, 5.41) is 11.1. The Hall–Kier alpha value is -2.90. The van der Waals surface area contributed by atoms with Gasteiger partial charge in [-0.15, -0.1) is 10.2 Å². The SMILES string of the molecule is COc1ccc(C23C[C@H]2CN(CCCSc2nnc(-c4cccc5nc(C)ccc45)n2C)C3)cc1. The largest absolute Gasteiger partial charge is 0.497 e. The zero-order valence-electron chi connectivity index (χ0n) is 20.6. The number of ether oxygens (including phenoxy) is 1. The summed E-state index contributed by atoms with van der Waals surface area (Å²) >= 11 is 1.80. The van der Waals surface area contributed by atoms with Crippen molar-refractivity contribution >= 4 is 22.7 Å². The molecule has 180 valence electrons. The number of methoxy groups -OCH3 is 1. The first-order chi connectivity index (χ1) is 17.1. The Morgan fingerprint density at radius 3 is 2.77 bits per heavy atom. The molecule has 2 aromatic carbocycles. The van der Waals surface area contributed by atoms with E-state index in [-0.39, 0.29) is 0 Å². The van der Waals surface area contributed by atoms with Gasteiger partial charge in [-0.1, -0.05) is 42.1 Å². The van der Waals surface area contributed by atoms with Crippen molar-refractivity contribution in [1.29, 1.82) is 0 Å².